The van der Waals surface area contributed by atoms with E-state index < -0.39 is 0 Å². The molecular weight excluding hydrogens is 422 g/mol. The van der Waals surface area contributed by atoms with E-state index in [2.05, 4.69) is 10.4 Å². The maximum atomic E-state index is 13.8. The molecule has 0 radical (unpaired) electrons. The van der Waals surface area contributed by atoms with Gasteiger partial charge in [-0.15, -0.1) is 0 Å². The third kappa shape index (κ3) is 3.33. The van der Waals surface area contributed by atoms with Gasteiger partial charge in [0.15, 0.2) is 0 Å². The van der Waals surface area contributed by atoms with Crippen LogP contribution in [0.4, 0.5) is 5.82 Å². The van der Waals surface area contributed by atoms with Crippen LogP contribution in [0.15, 0.2) is 71.7 Å². The molecule has 0 unspecified atom stereocenters. The third-order valence-electron chi connectivity index (χ3n) is 5.79. The summed E-state index contributed by atoms with van der Waals surface area (Å²) in [4.78, 5) is 18.6. The van der Waals surface area contributed by atoms with Gasteiger partial charge in [-0.3, -0.25) is 14.0 Å². The molecule has 1 aliphatic carbocycles. The molecule has 0 bridgehead atoms. The quantitative estimate of drug-likeness (QED) is 0.418. The van der Waals surface area contributed by atoms with Gasteiger partial charge in [0.05, 0.1) is 11.2 Å². The van der Waals surface area contributed by atoms with Gasteiger partial charge in [0, 0.05) is 40.6 Å². The van der Waals surface area contributed by atoms with Gasteiger partial charge in [-0.1, -0.05) is 17.7 Å². The standard InChI is InChI=1S/C25H20ClN5O/c1-30-14-17-12-15(2-10-22(17)29-30)21-13-16-3-11-23(27-19-6-7-19)28-24(16)31(25(21)32)20-8-4-18(26)5-9-20/h2-5,8-14,19H,6-7H2,1H3,(H,27,28). The predicted octanol–water partition coefficient (Wildman–Crippen LogP) is 5.17. The Bertz CT molecular complexity index is 1550. The van der Waals surface area contributed by atoms with Crippen LogP contribution in [-0.2, 0) is 7.05 Å². The summed E-state index contributed by atoms with van der Waals surface area (Å²) in [5, 5.41) is 10.4. The van der Waals surface area contributed by atoms with E-state index in [1.165, 1.54) is 0 Å². The molecule has 7 heteroatoms. The van der Waals surface area contributed by atoms with Gasteiger partial charge < -0.3 is 5.32 Å². The van der Waals surface area contributed by atoms with Gasteiger partial charge in [-0.2, -0.15) is 5.10 Å². The van der Waals surface area contributed by atoms with Crippen LogP contribution in [0.25, 0.3) is 38.8 Å². The summed E-state index contributed by atoms with van der Waals surface area (Å²) in [5.41, 5.74) is 3.58. The minimum absolute atomic E-state index is 0.126. The zero-order chi connectivity index (χ0) is 21.8. The number of nitrogens with one attached hydrogen (secondary N) is 1. The Balaban J connectivity index is 1.61. The second-order valence-electron chi connectivity index (χ2n) is 8.28. The number of hydrogen-bond donors (Lipinski definition) is 1. The summed E-state index contributed by atoms with van der Waals surface area (Å²) >= 11 is 6.11. The van der Waals surface area contributed by atoms with Gasteiger partial charge in [-0.05, 0) is 73.0 Å². The molecule has 3 aromatic heterocycles. The lowest BCUT2D eigenvalue weighted by atomic mass is 10.0. The lowest BCUT2D eigenvalue weighted by Crippen LogP contribution is -2.21. The number of fused-ring (bicyclic) bond motifs is 2. The molecule has 1 saturated carbocycles. The van der Waals surface area contributed by atoms with E-state index in [0.29, 0.717) is 22.3 Å². The van der Waals surface area contributed by atoms with Crippen LogP contribution in [0.1, 0.15) is 12.8 Å². The molecule has 0 atom stereocenters. The van der Waals surface area contributed by atoms with Gasteiger partial charge in [0.1, 0.15) is 11.5 Å². The van der Waals surface area contributed by atoms with Crippen molar-refractivity contribution < 1.29 is 0 Å². The number of halogens is 1. The highest BCUT2D eigenvalue weighted by atomic mass is 35.5. The average molecular weight is 442 g/mol. The fourth-order valence-corrected chi connectivity index (χ4v) is 4.18. The maximum Gasteiger partial charge on any atom is 0.264 e. The molecule has 0 amide bonds. The van der Waals surface area contributed by atoms with Gasteiger partial charge in [0.2, 0.25) is 0 Å². The molecule has 0 saturated heterocycles. The van der Waals surface area contributed by atoms with E-state index in [-0.39, 0.29) is 5.56 Å². The second-order valence-corrected chi connectivity index (χ2v) is 8.72. The topological polar surface area (TPSA) is 64.7 Å². The highest BCUT2D eigenvalue weighted by Crippen LogP contribution is 2.28. The number of aryl methyl sites for hydroxylation is 1. The van der Waals surface area contributed by atoms with Crippen molar-refractivity contribution in [3.63, 3.8) is 0 Å². The van der Waals surface area contributed by atoms with Crippen LogP contribution in [0.2, 0.25) is 5.02 Å². The van der Waals surface area contributed by atoms with Crippen molar-refractivity contribution in [3.8, 4) is 16.8 Å². The first kappa shape index (κ1) is 19.1. The van der Waals surface area contributed by atoms with Crippen molar-refractivity contribution in [2.24, 2.45) is 7.05 Å². The fraction of sp³-hybridized carbons (Fsp3) is 0.160. The molecule has 1 aliphatic rings. The van der Waals surface area contributed by atoms with Crippen LogP contribution in [0.3, 0.4) is 0 Å². The van der Waals surface area contributed by atoms with Gasteiger partial charge in [0.25, 0.3) is 5.56 Å². The van der Waals surface area contributed by atoms with Crippen LogP contribution in [0.5, 0.6) is 0 Å². The van der Waals surface area contributed by atoms with Crippen LogP contribution >= 0.6 is 11.6 Å². The smallest absolute Gasteiger partial charge is 0.264 e. The van der Waals surface area contributed by atoms with Crippen molar-refractivity contribution in [1.29, 1.82) is 0 Å². The lowest BCUT2D eigenvalue weighted by Gasteiger charge is -2.14. The Morgan fingerprint density at radius 3 is 2.59 bits per heavy atom. The normalized spacial score (nSPS) is 13.7. The SMILES string of the molecule is Cn1cc2cc(-c3cc4ccc(NC5CC5)nc4n(-c4ccc(Cl)cc4)c3=O)ccc2n1. The first-order chi connectivity index (χ1) is 15.5. The molecule has 6 nitrogen and oxygen atoms in total. The molecule has 5 aromatic rings. The minimum Gasteiger partial charge on any atom is -0.367 e. The second kappa shape index (κ2) is 7.21. The van der Waals surface area contributed by atoms with E-state index in [0.717, 1.165) is 46.2 Å². The molecule has 0 spiro atoms. The highest BCUT2D eigenvalue weighted by Gasteiger charge is 2.22. The van der Waals surface area contributed by atoms with Crippen molar-refractivity contribution in [3.05, 3.63) is 82.2 Å². The van der Waals surface area contributed by atoms with Crippen molar-refractivity contribution >= 4 is 39.4 Å². The molecule has 3 heterocycles. The molecule has 1 fully saturated rings. The minimum atomic E-state index is -0.126. The highest BCUT2D eigenvalue weighted by molar-refractivity contribution is 6.30. The number of pyridine rings is 2. The van der Waals surface area contributed by atoms with E-state index in [1.54, 1.807) is 21.4 Å². The Kier molecular flexibility index (Phi) is 4.30. The molecule has 158 valence electrons. The first-order valence-electron chi connectivity index (χ1n) is 10.6. The van der Waals surface area contributed by atoms with Crippen LogP contribution < -0.4 is 10.9 Å². The molecule has 1 N–H and O–H groups in total. The predicted molar refractivity (Wildman–Crippen MR) is 129 cm³/mol. The Labute approximate surface area is 189 Å². The number of benzene rings is 2. The number of anilines is 1. The van der Waals surface area contributed by atoms with Gasteiger partial charge >= 0.3 is 0 Å². The van der Waals surface area contributed by atoms with E-state index in [4.69, 9.17) is 16.6 Å². The van der Waals surface area contributed by atoms with Crippen molar-refractivity contribution in [1.82, 2.24) is 19.3 Å². The Morgan fingerprint density at radius 1 is 1.00 bits per heavy atom. The maximum absolute atomic E-state index is 13.8. The van der Waals surface area contributed by atoms with Gasteiger partial charge in [-0.25, -0.2) is 4.98 Å². The molecule has 6 rings (SSSR count). The Hall–Kier alpha value is -3.64. The summed E-state index contributed by atoms with van der Waals surface area (Å²) < 4.78 is 3.45. The molecule has 0 aliphatic heterocycles. The van der Waals surface area contributed by atoms with E-state index in [1.807, 2.05) is 61.8 Å². The largest absolute Gasteiger partial charge is 0.367 e. The number of aromatic nitrogens is 4. The van der Waals surface area contributed by atoms with E-state index >= 15 is 0 Å². The Morgan fingerprint density at radius 2 is 1.81 bits per heavy atom. The summed E-state index contributed by atoms with van der Waals surface area (Å²) in [6, 6.07) is 19.6. The summed E-state index contributed by atoms with van der Waals surface area (Å²) in [6.07, 6.45) is 4.26. The number of rotatable bonds is 4. The number of hydrogen-bond acceptors (Lipinski definition) is 4. The van der Waals surface area contributed by atoms with Crippen LogP contribution in [-0.4, -0.2) is 25.4 Å². The molecule has 32 heavy (non-hydrogen) atoms. The van der Waals surface area contributed by atoms with E-state index in [9.17, 15) is 4.79 Å². The first-order valence-corrected chi connectivity index (χ1v) is 11.0. The third-order valence-corrected chi connectivity index (χ3v) is 6.05. The zero-order valence-corrected chi connectivity index (χ0v) is 18.2. The van der Waals surface area contributed by atoms with Crippen molar-refractivity contribution in [2.75, 3.05) is 5.32 Å². The lowest BCUT2D eigenvalue weighted by molar-refractivity contribution is 0.780. The summed E-state index contributed by atoms with van der Waals surface area (Å²) in [7, 11) is 1.89. The fourth-order valence-electron chi connectivity index (χ4n) is 4.06. The summed E-state index contributed by atoms with van der Waals surface area (Å²) in [5.74, 6) is 0.784. The average Bonchev–Trinajstić information content (AvgIpc) is 3.51. The zero-order valence-electron chi connectivity index (χ0n) is 17.4. The summed E-state index contributed by atoms with van der Waals surface area (Å²) in [6.45, 7) is 0. The molecule has 2 aromatic carbocycles. The monoisotopic (exact) mass is 441 g/mol. The molecular formula is C25H20ClN5O. The van der Waals surface area contributed by atoms with Crippen molar-refractivity contribution in [2.45, 2.75) is 18.9 Å². The number of nitrogens with zero attached hydrogens (tertiary/aromatic N) is 4. The van der Waals surface area contributed by atoms with Crippen LogP contribution in [0, 0.1) is 0 Å².